The highest BCUT2D eigenvalue weighted by Gasteiger charge is 2.15. The topological polar surface area (TPSA) is 61.3 Å². The number of hydrogen-bond acceptors (Lipinski definition) is 4. The molecule has 0 radical (unpaired) electrons. The summed E-state index contributed by atoms with van der Waals surface area (Å²) in [6, 6.07) is 5.52. The average Bonchev–Trinajstić information content (AvgIpc) is 2.74. The molecule has 0 amide bonds. The number of ether oxygens (including phenoxy) is 1. The summed E-state index contributed by atoms with van der Waals surface area (Å²) in [5.74, 6) is 0.548. The van der Waals surface area contributed by atoms with Crippen LogP contribution in [0.5, 0.6) is 5.75 Å². The number of nitrogen functional groups attached to an aromatic ring is 1. The van der Waals surface area contributed by atoms with Gasteiger partial charge in [-0.2, -0.15) is 0 Å². The monoisotopic (exact) mass is 240 g/mol. The Balaban J connectivity index is 2.53. The summed E-state index contributed by atoms with van der Waals surface area (Å²) in [7, 11) is 1.45. The lowest BCUT2D eigenvalue weighted by Crippen LogP contribution is -1.91. The third-order valence-electron chi connectivity index (χ3n) is 2.28. The van der Waals surface area contributed by atoms with Gasteiger partial charge < -0.3 is 15.0 Å². The van der Waals surface area contributed by atoms with Crippen molar-refractivity contribution >= 4 is 5.88 Å². The summed E-state index contributed by atoms with van der Waals surface area (Å²) in [5.41, 5.74) is 6.06. The number of anilines is 1. The van der Waals surface area contributed by atoms with Crippen LogP contribution < -0.4 is 10.5 Å². The van der Waals surface area contributed by atoms with E-state index in [-0.39, 0.29) is 11.4 Å². The summed E-state index contributed by atoms with van der Waals surface area (Å²) in [6.45, 7) is 0. The number of benzene rings is 1. The molecular formula is C11H10F2N2O2. The average molecular weight is 240 g/mol. The maximum absolute atomic E-state index is 12.6. The molecule has 2 aromatic rings. The van der Waals surface area contributed by atoms with Crippen LogP contribution in [0, 0.1) is 0 Å². The van der Waals surface area contributed by atoms with Gasteiger partial charge in [0.05, 0.1) is 7.11 Å². The Kier molecular flexibility index (Phi) is 2.95. The Hall–Kier alpha value is -2.11. The molecule has 4 nitrogen and oxygen atoms in total. The second-order valence-electron chi connectivity index (χ2n) is 3.37. The third kappa shape index (κ3) is 2.20. The molecule has 17 heavy (non-hydrogen) atoms. The van der Waals surface area contributed by atoms with Crippen molar-refractivity contribution in [2.45, 2.75) is 6.43 Å². The Morgan fingerprint density at radius 3 is 2.65 bits per heavy atom. The van der Waals surface area contributed by atoms with Crippen molar-refractivity contribution in [1.29, 1.82) is 0 Å². The van der Waals surface area contributed by atoms with E-state index < -0.39 is 6.43 Å². The Morgan fingerprint density at radius 1 is 1.35 bits per heavy atom. The van der Waals surface area contributed by atoms with Gasteiger partial charge in [0.1, 0.15) is 11.4 Å². The first-order valence-corrected chi connectivity index (χ1v) is 4.80. The van der Waals surface area contributed by atoms with Gasteiger partial charge >= 0.3 is 0 Å². The molecule has 0 bridgehead atoms. The normalized spacial score (nSPS) is 10.8. The molecule has 0 saturated carbocycles. The van der Waals surface area contributed by atoms with Crippen LogP contribution in [0.25, 0.3) is 11.3 Å². The predicted octanol–water partition coefficient (Wildman–Crippen LogP) is 2.87. The molecule has 2 rings (SSSR count). The van der Waals surface area contributed by atoms with Crippen LogP contribution in [-0.4, -0.2) is 12.3 Å². The maximum atomic E-state index is 12.6. The van der Waals surface area contributed by atoms with Crippen molar-refractivity contribution in [3.8, 4) is 17.0 Å². The second-order valence-corrected chi connectivity index (χ2v) is 3.37. The standard InChI is InChI=1S/C11H10F2N2O2/c1-16-9-3-2-6(11(12)13)4-7(9)8-5-10(14)17-15-8/h2-5,11H,14H2,1H3. The molecular weight excluding hydrogens is 230 g/mol. The van der Waals surface area contributed by atoms with E-state index in [1.54, 1.807) is 0 Å². The first-order valence-electron chi connectivity index (χ1n) is 4.80. The lowest BCUT2D eigenvalue weighted by molar-refractivity contribution is 0.151. The predicted molar refractivity (Wildman–Crippen MR) is 57.9 cm³/mol. The molecule has 0 aliphatic rings. The molecule has 0 aliphatic heterocycles. The number of halogens is 2. The molecule has 0 unspecified atom stereocenters. The molecule has 0 atom stereocenters. The van der Waals surface area contributed by atoms with Crippen molar-refractivity contribution in [1.82, 2.24) is 5.16 Å². The molecule has 1 heterocycles. The number of alkyl halides is 2. The minimum absolute atomic E-state index is 0.109. The second kappa shape index (κ2) is 4.40. The van der Waals surface area contributed by atoms with Gasteiger partial charge in [-0.05, 0) is 18.2 Å². The van der Waals surface area contributed by atoms with Crippen LogP contribution in [0.3, 0.4) is 0 Å². The Bertz CT molecular complexity index is 526. The van der Waals surface area contributed by atoms with E-state index in [4.69, 9.17) is 15.0 Å². The Morgan fingerprint density at radius 2 is 2.12 bits per heavy atom. The van der Waals surface area contributed by atoms with Gasteiger partial charge in [0.15, 0.2) is 0 Å². The zero-order valence-electron chi connectivity index (χ0n) is 8.98. The van der Waals surface area contributed by atoms with E-state index >= 15 is 0 Å². The van der Waals surface area contributed by atoms with Gasteiger partial charge in [0.25, 0.3) is 6.43 Å². The van der Waals surface area contributed by atoms with Crippen LogP contribution in [0.2, 0.25) is 0 Å². The number of hydrogen-bond donors (Lipinski definition) is 1. The van der Waals surface area contributed by atoms with Gasteiger partial charge in [0, 0.05) is 17.2 Å². The van der Waals surface area contributed by atoms with Gasteiger partial charge in [-0.1, -0.05) is 5.16 Å². The summed E-state index contributed by atoms with van der Waals surface area (Å²) < 4.78 is 35.0. The van der Waals surface area contributed by atoms with Gasteiger partial charge in [0.2, 0.25) is 5.88 Å². The molecule has 6 heteroatoms. The molecule has 0 spiro atoms. The summed E-state index contributed by atoms with van der Waals surface area (Å²) in [5, 5.41) is 3.67. The summed E-state index contributed by atoms with van der Waals surface area (Å²) >= 11 is 0. The fraction of sp³-hybridized carbons (Fsp3) is 0.182. The number of nitrogens with two attached hydrogens (primary N) is 1. The lowest BCUT2D eigenvalue weighted by atomic mass is 10.1. The molecule has 90 valence electrons. The lowest BCUT2D eigenvalue weighted by Gasteiger charge is -2.08. The molecule has 0 aliphatic carbocycles. The number of rotatable bonds is 3. The SMILES string of the molecule is COc1ccc(C(F)F)cc1-c1cc(N)on1. The van der Waals surface area contributed by atoms with Crippen molar-refractivity contribution in [3.63, 3.8) is 0 Å². The minimum atomic E-state index is -2.55. The molecule has 1 aromatic carbocycles. The highest BCUT2D eigenvalue weighted by atomic mass is 19.3. The summed E-state index contributed by atoms with van der Waals surface area (Å²) in [6.07, 6.45) is -2.55. The molecule has 1 aromatic heterocycles. The molecule has 0 fully saturated rings. The van der Waals surface area contributed by atoms with E-state index in [2.05, 4.69) is 5.16 Å². The van der Waals surface area contributed by atoms with Crippen molar-refractivity contribution in [2.24, 2.45) is 0 Å². The number of aromatic nitrogens is 1. The fourth-order valence-electron chi connectivity index (χ4n) is 1.48. The minimum Gasteiger partial charge on any atom is -0.496 e. The van der Waals surface area contributed by atoms with Gasteiger partial charge in [-0.15, -0.1) is 0 Å². The quantitative estimate of drug-likeness (QED) is 0.896. The maximum Gasteiger partial charge on any atom is 0.263 e. The van der Waals surface area contributed by atoms with E-state index in [1.165, 1.54) is 31.4 Å². The van der Waals surface area contributed by atoms with Crippen LogP contribution in [0.15, 0.2) is 28.8 Å². The molecule has 2 N–H and O–H groups in total. The smallest absolute Gasteiger partial charge is 0.263 e. The van der Waals surface area contributed by atoms with Crippen LogP contribution >= 0.6 is 0 Å². The molecule has 0 saturated heterocycles. The van der Waals surface area contributed by atoms with Crippen LogP contribution in [-0.2, 0) is 0 Å². The van der Waals surface area contributed by atoms with Crippen LogP contribution in [0.4, 0.5) is 14.7 Å². The Labute approximate surface area is 96.0 Å². The summed E-state index contributed by atoms with van der Waals surface area (Å²) in [4.78, 5) is 0. The van der Waals surface area contributed by atoms with E-state index in [1.807, 2.05) is 0 Å². The number of nitrogens with zero attached hydrogens (tertiary/aromatic N) is 1. The van der Waals surface area contributed by atoms with Crippen molar-refractivity contribution in [3.05, 3.63) is 29.8 Å². The zero-order chi connectivity index (χ0) is 12.4. The highest BCUT2D eigenvalue weighted by molar-refractivity contribution is 5.69. The van der Waals surface area contributed by atoms with Gasteiger partial charge in [-0.25, -0.2) is 8.78 Å². The zero-order valence-corrected chi connectivity index (χ0v) is 8.98. The van der Waals surface area contributed by atoms with Crippen molar-refractivity contribution < 1.29 is 18.0 Å². The van der Waals surface area contributed by atoms with Crippen molar-refractivity contribution in [2.75, 3.05) is 12.8 Å². The fourth-order valence-corrected chi connectivity index (χ4v) is 1.48. The highest BCUT2D eigenvalue weighted by Crippen LogP contribution is 2.33. The number of methoxy groups -OCH3 is 1. The van der Waals surface area contributed by atoms with E-state index in [9.17, 15) is 8.78 Å². The first-order chi connectivity index (χ1) is 8.11. The van der Waals surface area contributed by atoms with Gasteiger partial charge in [-0.3, -0.25) is 0 Å². The third-order valence-corrected chi connectivity index (χ3v) is 2.28. The largest absolute Gasteiger partial charge is 0.496 e. The van der Waals surface area contributed by atoms with E-state index in [0.717, 1.165) is 0 Å². The first kappa shape index (κ1) is 11.4. The van der Waals surface area contributed by atoms with E-state index in [0.29, 0.717) is 17.0 Å². The van der Waals surface area contributed by atoms with Crippen LogP contribution in [0.1, 0.15) is 12.0 Å².